The fourth-order valence-corrected chi connectivity index (χ4v) is 4.16. The maximum atomic E-state index is 13.3. The lowest BCUT2D eigenvalue weighted by Crippen LogP contribution is -2.39. The first-order valence-electron chi connectivity index (χ1n) is 10.5. The van der Waals surface area contributed by atoms with Gasteiger partial charge in [-0.1, -0.05) is 42.5 Å². The average molecular weight is 429 g/mol. The van der Waals surface area contributed by atoms with Gasteiger partial charge in [0.2, 0.25) is 5.78 Å². The van der Waals surface area contributed by atoms with E-state index >= 15 is 0 Å². The Morgan fingerprint density at radius 2 is 1.81 bits per heavy atom. The Morgan fingerprint density at radius 1 is 1.03 bits per heavy atom. The molecule has 0 spiro atoms. The molecule has 0 saturated carbocycles. The number of nitrogens with zero attached hydrogens (tertiary/aromatic N) is 5. The molecule has 5 rings (SSSR count). The number of imidazole rings is 2. The highest BCUT2D eigenvalue weighted by Gasteiger charge is 2.22. The highest BCUT2D eigenvalue weighted by Crippen LogP contribution is 2.29. The number of aliphatic hydroxyl groups excluding tert-OH is 1. The van der Waals surface area contributed by atoms with Gasteiger partial charge in [0.1, 0.15) is 0 Å². The molecule has 5 aromatic rings. The molecule has 0 aliphatic heterocycles. The number of aryl methyl sites for hydroxylation is 2. The SMILES string of the molecule is Cc1cccc(-n2c(-c3ccccc3)cn3c4c(=O)n(CCCO)c(=O)n(C)c4nc23)c1. The second-order valence-corrected chi connectivity index (χ2v) is 7.88. The molecule has 162 valence electrons. The van der Waals surface area contributed by atoms with Crippen molar-refractivity contribution in [2.45, 2.75) is 19.9 Å². The summed E-state index contributed by atoms with van der Waals surface area (Å²) in [5.41, 5.74) is 3.70. The van der Waals surface area contributed by atoms with Gasteiger partial charge in [-0.25, -0.2) is 4.79 Å². The lowest BCUT2D eigenvalue weighted by Gasteiger charge is -2.10. The van der Waals surface area contributed by atoms with E-state index in [1.165, 1.54) is 9.13 Å². The smallest absolute Gasteiger partial charge is 0.332 e. The van der Waals surface area contributed by atoms with Gasteiger partial charge in [0.15, 0.2) is 11.2 Å². The third-order valence-corrected chi connectivity index (χ3v) is 5.72. The number of hydrogen-bond acceptors (Lipinski definition) is 4. The molecule has 2 aromatic carbocycles. The largest absolute Gasteiger partial charge is 0.396 e. The first-order valence-corrected chi connectivity index (χ1v) is 10.5. The van der Waals surface area contributed by atoms with Crippen LogP contribution in [0.4, 0.5) is 0 Å². The number of benzene rings is 2. The highest BCUT2D eigenvalue weighted by atomic mass is 16.3. The fourth-order valence-electron chi connectivity index (χ4n) is 4.16. The molecule has 3 heterocycles. The summed E-state index contributed by atoms with van der Waals surface area (Å²) >= 11 is 0. The molecule has 0 radical (unpaired) electrons. The zero-order chi connectivity index (χ0) is 22.4. The minimum atomic E-state index is -0.443. The van der Waals surface area contributed by atoms with Crippen molar-refractivity contribution in [3.05, 3.63) is 87.2 Å². The van der Waals surface area contributed by atoms with Crippen LogP contribution >= 0.6 is 0 Å². The zero-order valence-electron chi connectivity index (χ0n) is 17.9. The van der Waals surface area contributed by atoms with Crippen molar-refractivity contribution in [3.63, 3.8) is 0 Å². The van der Waals surface area contributed by atoms with Crippen LogP contribution in [0.5, 0.6) is 0 Å². The van der Waals surface area contributed by atoms with Crippen LogP contribution in [0.3, 0.4) is 0 Å². The molecule has 1 N–H and O–H groups in total. The monoisotopic (exact) mass is 429 g/mol. The maximum Gasteiger partial charge on any atom is 0.332 e. The summed E-state index contributed by atoms with van der Waals surface area (Å²) in [5, 5.41) is 9.19. The predicted molar refractivity (Wildman–Crippen MR) is 123 cm³/mol. The van der Waals surface area contributed by atoms with Crippen molar-refractivity contribution in [2.75, 3.05) is 6.61 Å². The minimum Gasteiger partial charge on any atom is -0.396 e. The van der Waals surface area contributed by atoms with E-state index in [4.69, 9.17) is 4.98 Å². The normalized spacial score (nSPS) is 11.6. The van der Waals surface area contributed by atoms with E-state index in [9.17, 15) is 14.7 Å². The number of rotatable bonds is 5. The molecule has 0 amide bonds. The number of aromatic nitrogens is 5. The van der Waals surface area contributed by atoms with Crippen LogP contribution in [-0.2, 0) is 13.6 Å². The van der Waals surface area contributed by atoms with Crippen molar-refractivity contribution in [2.24, 2.45) is 7.05 Å². The Balaban J connectivity index is 1.91. The van der Waals surface area contributed by atoms with Crippen molar-refractivity contribution >= 4 is 16.9 Å². The molecule has 3 aromatic heterocycles. The Bertz CT molecular complexity index is 1570. The summed E-state index contributed by atoms with van der Waals surface area (Å²) in [6.45, 7) is 2.07. The zero-order valence-corrected chi connectivity index (χ0v) is 17.9. The van der Waals surface area contributed by atoms with E-state index in [1.807, 2.05) is 66.2 Å². The van der Waals surface area contributed by atoms with E-state index in [1.54, 1.807) is 11.4 Å². The second-order valence-electron chi connectivity index (χ2n) is 7.88. The lowest BCUT2D eigenvalue weighted by atomic mass is 10.1. The van der Waals surface area contributed by atoms with Gasteiger partial charge in [-0.3, -0.25) is 22.9 Å². The van der Waals surface area contributed by atoms with Crippen LogP contribution in [0.25, 0.3) is 33.9 Å². The molecule has 0 bridgehead atoms. The average Bonchev–Trinajstić information content (AvgIpc) is 3.34. The van der Waals surface area contributed by atoms with Gasteiger partial charge in [-0.2, -0.15) is 4.98 Å². The minimum absolute atomic E-state index is 0.0999. The Labute approximate surface area is 183 Å². The van der Waals surface area contributed by atoms with Gasteiger partial charge in [-0.05, 0) is 31.0 Å². The molecule has 0 unspecified atom stereocenters. The number of hydrogen-bond donors (Lipinski definition) is 1. The Hall–Kier alpha value is -3.91. The van der Waals surface area contributed by atoms with Gasteiger partial charge in [0, 0.05) is 37.6 Å². The second kappa shape index (κ2) is 7.65. The fraction of sp³-hybridized carbons (Fsp3) is 0.208. The first-order chi connectivity index (χ1) is 15.5. The van der Waals surface area contributed by atoms with Crippen molar-refractivity contribution in [1.82, 2.24) is 23.1 Å². The van der Waals surface area contributed by atoms with Crippen LogP contribution in [0.2, 0.25) is 0 Å². The standard InChI is InChI=1S/C24H23N5O3/c1-16-8-6-11-18(14-16)29-19(17-9-4-3-5-10-17)15-28-20-21(25-23(28)29)26(2)24(32)27(22(20)31)12-7-13-30/h3-6,8-11,14-15,30H,7,12-13H2,1-2H3. The maximum absolute atomic E-state index is 13.3. The molecule has 0 aliphatic carbocycles. The van der Waals surface area contributed by atoms with Gasteiger partial charge in [-0.15, -0.1) is 0 Å². The summed E-state index contributed by atoms with van der Waals surface area (Å²) in [7, 11) is 1.61. The molecule has 32 heavy (non-hydrogen) atoms. The van der Waals surface area contributed by atoms with Gasteiger partial charge in [0.25, 0.3) is 5.56 Å². The molecule has 0 aliphatic rings. The van der Waals surface area contributed by atoms with E-state index < -0.39 is 11.2 Å². The molecule has 0 fully saturated rings. The van der Waals surface area contributed by atoms with Gasteiger partial charge in [0.05, 0.1) is 5.69 Å². The predicted octanol–water partition coefficient (Wildman–Crippen LogP) is 2.50. The van der Waals surface area contributed by atoms with Crippen molar-refractivity contribution in [3.8, 4) is 16.9 Å². The summed E-state index contributed by atoms with van der Waals surface area (Å²) in [6.07, 6.45) is 2.22. The third kappa shape index (κ3) is 2.99. The first kappa shape index (κ1) is 20.0. The lowest BCUT2D eigenvalue weighted by molar-refractivity contribution is 0.277. The van der Waals surface area contributed by atoms with Crippen molar-refractivity contribution < 1.29 is 5.11 Å². The quantitative estimate of drug-likeness (QED) is 0.465. The summed E-state index contributed by atoms with van der Waals surface area (Å²) in [5.74, 6) is 0.552. The molecule has 8 nitrogen and oxygen atoms in total. The van der Waals surface area contributed by atoms with Crippen LogP contribution in [0.15, 0.2) is 70.4 Å². The Kier molecular flexibility index (Phi) is 4.79. The van der Waals surface area contributed by atoms with Gasteiger partial charge >= 0.3 is 5.69 Å². The van der Waals surface area contributed by atoms with E-state index in [0.29, 0.717) is 23.4 Å². The molecular formula is C24H23N5O3. The van der Waals surface area contributed by atoms with Crippen LogP contribution in [0.1, 0.15) is 12.0 Å². The summed E-state index contributed by atoms with van der Waals surface area (Å²) < 4.78 is 6.32. The van der Waals surface area contributed by atoms with Crippen LogP contribution in [0, 0.1) is 6.92 Å². The van der Waals surface area contributed by atoms with E-state index in [2.05, 4.69) is 6.07 Å². The molecule has 0 saturated heterocycles. The topological polar surface area (TPSA) is 86.5 Å². The van der Waals surface area contributed by atoms with Crippen molar-refractivity contribution in [1.29, 1.82) is 0 Å². The molecule has 0 atom stereocenters. The number of fused-ring (bicyclic) bond motifs is 3. The molecular weight excluding hydrogens is 406 g/mol. The highest BCUT2D eigenvalue weighted by molar-refractivity contribution is 5.79. The van der Waals surface area contributed by atoms with Gasteiger partial charge < -0.3 is 5.11 Å². The van der Waals surface area contributed by atoms with Crippen LogP contribution in [-0.4, -0.2) is 34.8 Å². The van der Waals surface area contributed by atoms with Crippen LogP contribution < -0.4 is 11.2 Å². The summed E-state index contributed by atoms with van der Waals surface area (Å²) in [6, 6.07) is 18.0. The third-order valence-electron chi connectivity index (χ3n) is 5.72. The van der Waals surface area contributed by atoms with E-state index in [0.717, 1.165) is 22.5 Å². The van der Waals surface area contributed by atoms with E-state index in [-0.39, 0.29) is 13.2 Å². The summed E-state index contributed by atoms with van der Waals surface area (Å²) in [4.78, 5) is 30.8. The number of aliphatic hydroxyl groups is 1. The Morgan fingerprint density at radius 3 is 2.53 bits per heavy atom. The molecule has 8 heteroatoms.